The highest BCUT2D eigenvalue weighted by atomic mass is 15.0. The average molecular weight is 740 g/mol. The smallest absolute Gasteiger partial charge is 0.164 e. The third kappa shape index (κ3) is 5.00. The molecular weight excluding hydrogens is 707 g/mol. The second-order valence-electron chi connectivity index (χ2n) is 14.9. The van der Waals surface area contributed by atoms with Crippen LogP contribution in [0.1, 0.15) is 0 Å². The van der Waals surface area contributed by atoms with Gasteiger partial charge in [0, 0.05) is 49.6 Å². The van der Waals surface area contributed by atoms with Gasteiger partial charge in [-0.1, -0.05) is 152 Å². The topological polar surface area (TPSA) is 48.5 Å². The Hall–Kier alpha value is -7.89. The minimum absolute atomic E-state index is 0.635. The highest BCUT2D eigenvalue weighted by Crippen LogP contribution is 2.46. The normalized spacial score (nSPS) is 11.8. The maximum atomic E-state index is 5.03. The van der Waals surface area contributed by atoms with Gasteiger partial charge in [0.25, 0.3) is 0 Å². The number of fused-ring (bicyclic) bond motifs is 4. The summed E-state index contributed by atoms with van der Waals surface area (Å²) in [6, 6.07) is 70.9. The predicted octanol–water partition coefficient (Wildman–Crippen LogP) is 13.3. The molecule has 0 spiro atoms. The molecule has 0 atom stereocenters. The molecule has 0 radical (unpaired) electrons. The monoisotopic (exact) mass is 739 g/mol. The van der Waals surface area contributed by atoms with Gasteiger partial charge < -0.3 is 9.13 Å². The highest BCUT2D eigenvalue weighted by molar-refractivity contribution is 6.33. The molecule has 0 aliphatic carbocycles. The van der Waals surface area contributed by atoms with Crippen LogP contribution in [0.25, 0.3) is 111 Å². The summed E-state index contributed by atoms with van der Waals surface area (Å²) in [4.78, 5) is 15.0. The van der Waals surface area contributed by atoms with Crippen LogP contribution in [0.2, 0.25) is 0 Å². The van der Waals surface area contributed by atoms with E-state index in [9.17, 15) is 0 Å². The van der Waals surface area contributed by atoms with Crippen LogP contribution in [-0.2, 0) is 0 Å². The van der Waals surface area contributed by atoms with E-state index in [1.54, 1.807) is 0 Å². The van der Waals surface area contributed by atoms with Gasteiger partial charge in [-0.15, -0.1) is 0 Å². The first-order valence-corrected chi connectivity index (χ1v) is 19.6. The van der Waals surface area contributed by atoms with Crippen molar-refractivity contribution in [1.29, 1.82) is 0 Å². The maximum Gasteiger partial charge on any atom is 0.164 e. The van der Waals surface area contributed by atoms with Gasteiger partial charge in [0.15, 0.2) is 17.5 Å². The Morgan fingerprint density at radius 2 is 0.828 bits per heavy atom. The summed E-state index contributed by atoms with van der Waals surface area (Å²) in [6.07, 6.45) is 0. The molecule has 3 heterocycles. The molecule has 5 nitrogen and oxygen atoms in total. The van der Waals surface area contributed by atoms with Crippen LogP contribution in [0.3, 0.4) is 0 Å². The molecule has 0 aliphatic heterocycles. The second-order valence-corrected chi connectivity index (χ2v) is 14.9. The molecule has 270 valence electrons. The van der Waals surface area contributed by atoms with E-state index in [4.69, 9.17) is 15.0 Å². The molecule has 0 bridgehead atoms. The summed E-state index contributed by atoms with van der Waals surface area (Å²) in [5.41, 5.74) is 12.1. The number of rotatable bonds is 6. The molecule has 5 heteroatoms. The van der Waals surface area contributed by atoms with E-state index in [0.717, 1.165) is 39.2 Å². The van der Waals surface area contributed by atoms with E-state index in [0.29, 0.717) is 17.5 Å². The first-order chi connectivity index (χ1) is 28.8. The van der Waals surface area contributed by atoms with Crippen LogP contribution in [0.4, 0.5) is 0 Å². The number of aromatic nitrogens is 5. The lowest BCUT2D eigenvalue weighted by Crippen LogP contribution is -2.00. The van der Waals surface area contributed by atoms with Crippen molar-refractivity contribution in [2.45, 2.75) is 0 Å². The molecular formula is C53H33N5. The third-order valence-corrected chi connectivity index (χ3v) is 11.5. The first-order valence-electron chi connectivity index (χ1n) is 19.6. The van der Waals surface area contributed by atoms with E-state index in [2.05, 4.69) is 149 Å². The predicted molar refractivity (Wildman–Crippen MR) is 239 cm³/mol. The Morgan fingerprint density at radius 1 is 0.293 bits per heavy atom. The van der Waals surface area contributed by atoms with Crippen molar-refractivity contribution in [3.05, 3.63) is 200 Å². The zero-order chi connectivity index (χ0) is 38.2. The van der Waals surface area contributed by atoms with Crippen LogP contribution in [0.15, 0.2) is 200 Å². The van der Waals surface area contributed by atoms with Gasteiger partial charge in [0.2, 0.25) is 0 Å². The lowest BCUT2D eigenvalue weighted by molar-refractivity contribution is 1.07. The minimum atomic E-state index is 0.635. The Morgan fingerprint density at radius 3 is 1.57 bits per heavy atom. The molecule has 0 fully saturated rings. The fourth-order valence-corrected chi connectivity index (χ4v) is 8.92. The van der Waals surface area contributed by atoms with E-state index >= 15 is 0 Å². The molecule has 12 rings (SSSR count). The number of hydrogen-bond donors (Lipinski definition) is 0. The lowest BCUT2D eigenvalue weighted by atomic mass is 9.99. The fourth-order valence-electron chi connectivity index (χ4n) is 8.92. The van der Waals surface area contributed by atoms with E-state index in [-0.39, 0.29) is 0 Å². The molecule has 3 aromatic heterocycles. The van der Waals surface area contributed by atoms with E-state index in [1.807, 2.05) is 60.7 Å². The Balaban J connectivity index is 1.07. The number of benzene rings is 9. The largest absolute Gasteiger partial charge is 0.309 e. The molecule has 12 aromatic rings. The van der Waals surface area contributed by atoms with Crippen molar-refractivity contribution >= 4 is 54.4 Å². The van der Waals surface area contributed by atoms with Crippen LogP contribution < -0.4 is 0 Å². The highest BCUT2D eigenvalue weighted by Gasteiger charge is 2.24. The van der Waals surface area contributed by atoms with Crippen molar-refractivity contribution in [3.63, 3.8) is 0 Å². The van der Waals surface area contributed by atoms with Crippen molar-refractivity contribution in [2.24, 2.45) is 0 Å². The summed E-state index contributed by atoms with van der Waals surface area (Å²) < 4.78 is 4.91. The molecule has 0 saturated heterocycles. The van der Waals surface area contributed by atoms with Crippen LogP contribution in [0, 0.1) is 0 Å². The van der Waals surface area contributed by atoms with Gasteiger partial charge in [-0.2, -0.15) is 0 Å². The Kier molecular flexibility index (Phi) is 7.16. The number of hydrogen-bond acceptors (Lipinski definition) is 3. The van der Waals surface area contributed by atoms with Crippen LogP contribution in [-0.4, -0.2) is 24.1 Å². The van der Waals surface area contributed by atoms with Gasteiger partial charge in [-0.25, -0.2) is 15.0 Å². The zero-order valence-corrected chi connectivity index (χ0v) is 31.3. The van der Waals surface area contributed by atoms with E-state index in [1.165, 1.54) is 54.4 Å². The third-order valence-electron chi connectivity index (χ3n) is 11.5. The van der Waals surface area contributed by atoms with Crippen molar-refractivity contribution < 1.29 is 0 Å². The zero-order valence-electron chi connectivity index (χ0n) is 31.3. The lowest BCUT2D eigenvalue weighted by Gasteiger charge is -2.13. The van der Waals surface area contributed by atoms with Crippen molar-refractivity contribution in [1.82, 2.24) is 24.1 Å². The summed E-state index contributed by atoms with van der Waals surface area (Å²) in [6.45, 7) is 0. The number of para-hydroxylation sites is 2. The number of nitrogens with zero attached hydrogens (tertiary/aromatic N) is 5. The summed E-state index contributed by atoms with van der Waals surface area (Å²) in [5, 5.41) is 7.54. The van der Waals surface area contributed by atoms with Crippen molar-refractivity contribution in [2.75, 3.05) is 0 Å². The van der Waals surface area contributed by atoms with Gasteiger partial charge in [-0.3, -0.25) is 0 Å². The van der Waals surface area contributed by atoms with Crippen LogP contribution in [0.5, 0.6) is 0 Å². The maximum absolute atomic E-state index is 5.03. The Bertz CT molecular complexity index is 3440. The molecule has 0 aliphatic rings. The van der Waals surface area contributed by atoms with Gasteiger partial charge >= 0.3 is 0 Å². The minimum Gasteiger partial charge on any atom is -0.309 e. The molecule has 0 N–H and O–H groups in total. The summed E-state index contributed by atoms with van der Waals surface area (Å²) in [5.74, 6) is 1.93. The standard InChI is InChI=1S/C53H33N5/c1-4-15-35(16-5-1)51-54-52(36-17-6-2-7-18-36)56-53(55-51)40-22-12-20-37(31-40)38-21-13-25-42(32-38)58-45-28-14-19-34-29-30-39-33-46-49(50(58)48(39)47(34)45)43-26-10-11-27-44(43)57(46)41-23-8-3-9-24-41/h1-33H. The Labute approximate surface area is 334 Å². The molecule has 58 heavy (non-hydrogen) atoms. The average Bonchev–Trinajstić information content (AvgIpc) is 3.83. The van der Waals surface area contributed by atoms with E-state index < -0.39 is 0 Å². The quantitative estimate of drug-likeness (QED) is 0.160. The first kappa shape index (κ1) is 32.4. The summed E-state index contributed by atoms with van der Waals surface area (Å²) >= 11 is 0. The van der Waals surface area contributed by atoms with Gasteiger partial charge in [0.05, 0.1) is 22.1 Å². The van der Waals surface area contributed by atoms with Gasteiger partial charge in [-0.05, 0) is 70.4 Å². The summed E-state index contributed by atoms with van der Waals surface area (Å²) in [7, 11) is 0. The van der Waals surface area contributed by atoms with Crippen LogP contribution >= 0.6 is 0 Å². The van der Waals surface area contributed by atoms with Gasteiger partial charge in [0.1, 0.15) is 0 Å². The molecule has 0 saturated carbocycles. The second kappa shape index (κ2) is 12.8. The SMILES string of the molecule is c1ccc(-c2nc(-c3ccccc3)nc(-c3cccc(-c4cccc(-n5c6cccc7ccc8cc9c(c%10ccccc%10n9-c9ccccc9)c5c8c76)c4)c3)n2)cc1. The fraction of sp³-hybridized carbons (Fsp3) is 0. The van der Waals surface area contributed by atoms with Crippen molar-refractivity contribution in [3.8, 4) is 56.7 Å². The molecule has 0 unspecified atom stereocenters. The molecule has 0 amide bonds. The molecule has 9 aromatic carbocycles.